The van der Waals surface area contributed by atoms with E-state index in [-0.39, 0.29) is 11.6 Å². The van der Waals surface area contributed by atoms with Crippen LogP contribution in [0.1, 0.15) is 36.0 Å². The van der Waals surface area contributed by atoms with Gasteiger partial charge in [0, 0.05) is 24.7 Å². The van der Waals surface area contributed by atoms with E-state index in [1.54, 1.807) is 16.8 Å². The predicted octanol–water partition coefficient (Wildman–Crippen LogP) is 2.84. The highest BCUT2D eigenvalue weighted by atomic mass is 19.1. The molecular formula is C22H25FN6O. The van der Waals surface area contributed by atoms with Crippen LogP contribution in [0.25, 0.3) is 16.9 Å². The van der Waals surface area contributed by atoms with Crippen molar-refractivity contribution in [1.29, 1.82) is 0 Å². The SMILES string of the molecule is O=C(NCC1CCCN1)c1ccc(-c2cnc3ccc(NCC4CC4)nn23)cc1F. The monoisotopic (exact) mass is 408 g/mol. The third kappa shape index (κ3) is 4.00. The molecule has 3 N–H and O–H groups in total. The van der Waals surface area contributed by atoms with E-state index >= 15 is 0 Å². The number of rotatable bonds is 7. The lowest BCUT2D eigenvalue weighted by Gasteiger charge is -2.12. The Kier molecular flexibility index (Phi) is 5.08. The smallest absolute Gasteiger partial charge is 0.254 e. The number of nitrogens with one attached hydrogen (secondary N) is 3. The Morgan fingerprint density at radius 1 is 1.20 bits per heavy atom. The maximum Gasteiger partial charge on any atom is 0.254 e. The minimum absolute atomic E-state index is 0.0466. The fourth-order valence-electron chi connectivity index (χ4n) is 3.84. The molecule has 5 rings (SSSR count). The summed E-state index contributed by atoms with van der Waals surface area (Å²) in [5.41, 5.74) is 2.04. The Labute approximate surface area is 174 Å². The fourth-order valence-corrected chi connectivity index (χ4v) is 3.84. The van der Waals surface area contributed by atoms with Crippen LogP contribution in [0.3, 0.4) is 0 Å². The highest BCUT2D eigenvalue weighted by Crippen LogP contribution is 2.29. The number of hydrogen-bond acceptors (Lipinski definition) is 5. The van der Waals surface area contributed by atoms with E-state index in [4.69, 9.17) is 0 Å². The standard InChI is InChI=1S/C22H25FN6O/c23-18-10-15(5-6-17(18)22(30)27-12-16-2-1-9-24-16)19-13-26-21-8-7-20(28-29(19)21)25-11-14-3-4-14/h5-8,10,13-14,16,24H,1-4,9,11-12H2,(H,25,28)(H,27,30). The number of aromatic nitrogens is 3. The molecule has 1 unspecified atom stereocenters. The highest BCUT2D eigenvalue weighted by Gasteiger charge is 2.21. The molecule has 1 aromatic carbocycles. The van der Waals surface area contributed by atoms with E-state index in [0.717, 1.165) is 37.7 Å². The van der Waals surface area contributed by atoms with Crippen molar-refractivity contribution in [1.82, 2.24) is 25.2 Å². The summed E-state index contributed by atoms with van der Waals surface area (Å²) >= 11 is 0. The van der Waals surface area contributed by atoms with Crippen molar-refractivity contribution >= 4 is 17.4 Å². The van der Waals surface area contributed by atoms with E-state index in [1.165, 1.54) is 25.0 Å². The first-order chi connectivity index (χ1) is 14.7. The van der Waals surface area contributed by atoms with Crippen LogP contribution in [0.5, 0.6) is 0 Å². The molecule has 156 valence electrons. The van der Waals surface area contributed by atoms with Gasteiger partial charge in [-0.2, -0.15) is 0 Å². The second kappa shape index (κ2) is 8.02. The van der Waals surface area contributed by atoms with Gasteiger partial charge in [0.15, 0.2) is 5.65 Å². The van der Waals surface area contributed by atoms with Gasteiger partial charge < -0.3 is 16.0 Å². The maximum absolute atomic E-state index is 14.8. The van der Waals surface area contributed by atoms with Crippen LogP contribution in [-0.2, 0) is 0 Å². The normalized spacial score (nSPS) is 18.6. The molecule has 2 fully saturated rings. The van der Waals surface area contributed by atoms with Crippen LogP contribution in [0.15, 0.2) is 36.5 Å². The minimum atomic E-state index is -0.553. The maximum atomic E-state index is 14.8. The number of nitrogens with zero attached hydrogens (tertiary/aromatic N) is 3. The minimum Gasteiger partial charge on any atom is -0.368 e. The van der Waals surface area contributed by atoms with E-state index in [2.05, 4.69) is 26.0 Å². The van der Waals surface area contributed by atoms with Crippen LogP contribution >= 0.6 is 0 Å². The van der Waals surface area contributed by atoms with Crippen molar-refractivity contribution in [2.75, 3.05) is 25.0 Å². The molecule has 1 saturated heterocycles. The van der Waals surface area contributed by atoms with Crippen molar-refractivity contribution < 1.29 is 9.18 Å². The Balaban J connectivity index is 1.34. The third-order valence-corrected chi connectivity index (χ3v) is 5.81. The molecule has 1 aliphatic carbocycles. The molecular weight excluding hydrogens is 383 g/mol. The zero-order chi connectivity index (χ0) is 20.5. The average Bonchev–Trinajstić information content (AvgIpc) is 3.26. The Morgan fingerprint density at radius 3 is 2.87 bits per heavy atom. The Bertz CT molecular complexity index is 1070. The van der Waals surface area contributed by atoms with Crippen LogP contribution < -0.4 is 16.0 Å². The predicted molar refractivity (Wildman–Crippen MR) is 113 cm³/mol. The number of benzene rings is 1. The number of fused-ring (bicyclic) bond motifs is 1. The quantitative estimate of drug-likeness (QED) is 0.560. The zero-order valence-corrected chi connectivity index (χ0v) is 16.7. The van der Waals surface area contributed by atoms with Crippen molar-refractivity contribution in [3.63, 3.8) is 0 Å². The molecule has 3 heterocycles. The molecule has 3 aromatic rings. The van der Waals surface area contributed by atoms with E-state index < -0.39 is 11.7 Å². The second-order valence-electron chi connectivity index (χ2n) is 8.15. The number of hydrogen-bond donors (Lipinski definition) is 3. The molecule has 8 heteroatoms. The van der Waals surface area contributed by atoms with Gasteiger partial charge in [-0.3, -0.25) is 4.79 Å². The average molecular weight is 408 g/mol. The van der Waals surface area contributed by atoms with Gasteiger partial charge in [-0.15, -0.1) is 5.10 Å². The first-order valence-corrected chi connectivity index (χ1v) is 10.6. The van der Waals surface area contributed by atoms with Crippen molar-refractivity contribution in [2.45, 2.75) is 31.7 Å². The lowest BCUT2D eigenvalue weighted by atomic mass is 10.1. The van der Waals surface area contributed by atoms with Crippen LogP contribution in [0, 0.1) is 11.7 Å². The Morgan fingerprint density at radius 2 is 2.10 bits per heavy atom. The summed E-state index contributed by atoms with van der Waals surface area (Å²) in [6.45, 7) is 2.39. The van der Waals surface area contributed by atoms with Crippen molar-refractivity contribution in [3.8, 4) is 11.3 Å². The summed E-state index contributed by atoms with van der Waals surface area (Å²) in [6.07, 6.45) is 6.34. The van der Waals surface area contributed by atoms with E-state index in [9.17, 15) is 9.18 Å². The molecule has 0 radical (unpaired) electrons. The van der Waals surface area contributed by atoms with Gasteiger partial charge in [-0.25, -0.2) is 13.9 Å². The summed E-state index contributed by atoms with van der Waals surface area (Å²) in [4.78, 5) is 16.8. The molecule has 7 nitrogen and oxygen atoms in total. The van der Waals surface area contributed by atoms with Gasteiger partial charge in [0.1, 0.15) is 11.6 Å². The van der Waals surface area contributed by atoms with Crippen molar-refractivity contribution in [3.05, 3.63) is 47.9 Å². The highest BCUT2D eigenvalue weighted by molar-refractivity contribution is 5.95. The van der Waals surface area contributed by atoms with Gasteiger partial charge in [-0.05, 0) is 62.4 Å². The lowest BCUT2D eigenvalue weighted by molar-refractivity contribution is 0.0946. The van der Waals surface area contributed by atoms with Gasteiger partial charge in [0.2, 0.25) is 0 Å². The number of carbonyl (C=O) groups excluding carboxylic acids is 1. The second-order valence-corrected chi connectivity index (χ2v) is 8.15. The van der Waals surface area contributed by atoms with Gasteiger partial charge in [0.25, 0.3) is 5.91 Å². The van der Waals surface area contributed by atoms with E-state index in [0.29, 0.717) is 23.4 Å². The number of imidazole rings is 1. The van der Waals surface area contributed by atoms with Crippen molar-refractivity contribution in [2.24, 2.45) is 5.92 Å². The topological polar surface area (TPSA) is 83.3 Å². The Hall–Kier alpha value is -3.00. The number of anilines is 1. The largest absolute Gasteiger partial charge is 0.368 e. The van der Waals surface area contributed by atoms with E-state index in [1.807, 2.05) is 12.1 Å². The summed E-state index contributed by atoms with van der Waals surface area (Å²) in [5.74, 6) is 0.561. The summed E-state index contributed by atoms with van der Waals surface area (Å²) in [5, 5.41) is 14.1. The molecule has 1 atom stereocenters. The summed E-state index contributed by atoms with van der Waals surface area (Å²) < 4.78 is 16.5. The van der Waals surface area contributed by atoms with Crippen LogP contribution in [-0.4, -0.2) is 46.2 Å². The van der Waals surface area contributed by atoms with Crippen LogP contribution in [0.2, 0.25) is 0 Å². The molecule has 2 aromatic heterocycles. The van der Waals surface area contributed by atoms with Gasteiger partial charge in [-0.1, -0.05) is 6.07 Å². The molecule has 1 aliphatic heterocycles. The first kappa shape index (κ1) is 19.0. The molecule has 30 heavy (non-hydrogen) atoms. The summed E-state index contributed by atoms with van der Waals surface area (Å²) in [6, 6.07) is 8.70. The molecule has 1 saturated carbocycles. The van der Waals surface area contributed by atoms with Gasteiger partial charge in [0.05, 0.1) is 17.5 Å². The zero-order valence-electron chi connectivity index (χ0n) is 16.7. The van der Waals surface area contributed by atoms with Gasteiger partial charge >= 0.3 is 0 Å². The summed E-state index contributed by atoms with van der Waals surface area (Å²) in [7, 11) is 0. The molecule has 0 spiro atoms. The number of carbonyl (C=O) groups is 1. The first-order valence-electron chi connectivity index (χ1n) is 10.6. The number of halogens is 1. The third-order valence-electron chi connectivity index (χ3n) is 5.81. The molecule has 0 bridgehead atoms. The van der Waals surface area contributed by atoms with Crippen LogP contribution in [0.4, 0.5) is 10.2 Å². The fraction of sp³-hybridized carbons (Fsp3) is 0.409. The molecule has 1 amide bonds. The molecule has 2 aliphatic rings. The lowest BCUT2D eigenvalue weighted by Crippen LogP contribution is -2.37. The number of amides is 1.